The Hall–Kier alpha value is -1.56. The first-order valence-electron chi connectivity index (χ1n) is 4.13. The Morgan fingerprint density at radius 1 is 1.33 bits per heavy atom. The Labute approximate surface area is 84.3 Å². The summed E-state index contributed by atoms with van der Waals surface area (Å²) in [4.78, 5) is 11.0. The van der Waals surface area contributed by atoms with Crippen molar-refractivity contribution in [3.8, 4) is 0 Å². The summed E-state index contributed by atoms with van der Waals surface area (Å²) in [6.07, 6.45) is 0. The number of hydrogen-bond donors (Lipinski definition) is 2. The van der Waals surface area contributed by atoms with Crippen LogP contribution in [0.4, 0.5) is 18.9 Å². The smallest absolute Gasteiger partial charge is 0.238 e. The van der Waals surface area contributed by atoms with Gasteiger partial charge in [0, 0.05) is 12.1 Å². The van der Waals surface area contributed by atoms with Gasteiger partial charge < -0.3 is 10.6 Å². The van der Waals surface area contributed by atoms with Gasteiger partial charge in [0.05, 0.1) is 12.2 Å². The molecule has 15 heavy (non-hydrogen) atoms. The van der Waals surface area contributed by atoms with Crippen LogP contribution in [-0.4, -0.2) is 19.5 Å². The lowest BCUT2D eigenvalue weighted by Gasteiger charge is -2.06. The van der Waals surface area contributed by atoms with Crippen molar-refractivity contribution in [3.63, 3.8) is 0 Å². The molecule has 0 saturated carbocycles. The third kappa shape index (κ3) is 2.95. The highest BCUT2D eigenvalue weighted by Gasteiger charge is 2.12. The first-order chi connectivity index (χ1) is 7.04. The van der Waals surface area contributed by atoms with Crippen molar-refractivity contribution in [1.29, 1.82) is 0 Å². The molecule has 3 nitrogen and oxygen atoms in total. The first kappa shape index (κ1) is 11.5. The van der Waals surface area contributed by atoms with Crippen molar-refractivity contribution in [1.82, 2.24) is 5.32 Å². The monoisotopic (exact) mass is 218 g/mol. The van der Waals surface area contributed by atoms with E-state index in [4.69, 9.17) is 0 Å². The molecule has 0 aromatic heterocycles. The fraction of sp³-hybridized carbons (Fsp3) is 0.222. The molecule has 0 fully saturated rings. The maximum atomic E-state index is 13.0. The van der Waals surface area contributed by atoms with Gasteiger partial charge in [0.2, 0.25) is 5.91 Å². The number of carbonyl (C=O) groups excluding carboxylic acids is 1. The van der Waals surface area contributed by atoms with Crippen LogP contribution in [0.2, 0.25) is 0 Å². The zero-order valence-electron chi connectivity index (χ0n) is 7.90. The number of nitrogens with one attached hydrogen (secondary N) is 2. The second kappa shape index (κ2) is 4.79. The van der Waals surface area contributed by atoms with Gasteiger partial charge in [-0.05, 0) is 7.05 Å². The normalized spacial score (nSPS) is 10.1. The highest BCUT2D eigenvalue weighted by molar-refractivity contribution is 5.92. The molecule has 0 radical (unpaired) electrons. The molecule has 0 spiro atoms. The lowest BCUT2D eigenvalue weighted by Crippen LogP contribution is -2.25. The number of amides is 1. The Morgan fingerprint density at radius 2 is 2.00 bits per heavy atom. The van der Waals surface area contributed by atoms with E-state index < -0.39 is 29.0 Å². The predicted octanol–water partition coefficient (Wildman–Crippen LogP) is 1.26. The average molecular weight is 218 g/mol. The highest BCUT2D eigenvalue weighted by Crippen LogP contribution is 2.18. The van der Waals surface area contributed by atoms with Crippen LogP contribution in [-0.2, 0) is 4.79 Å². The van der Waals surface area contributed by atoms with Crippen molar-refractivity contribution in [3.05, 3.63) is 29.6 Å². The van der Waals surface area contributed by atoms with Gasteiger partial charge in [-0.1, -0.05) is 0 Å². The van der Waals surface area contributed by atoms with Crippen molar-refractivity contribution >= 4 is 11.6 Å². The van der Waals surface area contributed by atoms with Crippen LogP contribution in [0.25, 0.3) is 0 Å². The summed E-state index contributed by atoms with van der Waals surface area (Å²) in [6.45, 7) is -0.0719. The van der Waals surface area contributed by atoms with Gasteiger partial charge in [0.1, 0.15) is 5.82 Å². The average Bonchev–Trinajstić information content (AvgIpc) is 2.13. The van der Waals surface area contributed by atoms with Gasteiger partial charge in [-0.2, -0.15) is 0 Å². The summed E-state index contributed by atoms with van der Waals surface area (Å²) in [5.74, 6) is -4.15. The lowest BCUT2D eigenvalue weighted by atomic mass is 10.3. The van der Waals surface area contributed by atoms with E-state index in [1.165, 1.54) is 7.05 Å². The molecule has 0 atom stereocenters. The van der Waals surface area contributed by atoms with Crippen LogP contribution in [0, 0.1) is 17.5 Å². The first-order valence-corrected chi connectivity index (χ1v) is 4.13. The fourth-order valence-corrected chi connectivity index (χ4v) is 1.00. The SMILES string of the molecule is CNCC(=O)Nc1cc(F)cc(F)c1F. The summed E-state index contributed by atoms with van der Waals surface area (Å²) >= 11 is 0. The van der Waals surface area contributed by atoms with E-state index in [0.717, 1.165) is 0 Å². The summed E-state index contributed by atoms with van der Waals surface area (Å²) in [5, 5.41) is 4.55. The van der Waals surface area contributed by atoms with Crippen LogP contribution in [0.15, 0.2) is 12.1 Å². The number of likely N-dealkylation sites (N-methyl/N-ethyl adjacent to an activating group) is 1. The molecule has 0 unspecified atom stereocenters. The third-order valence-electron chi connectivity index (χ3n) is 1.60. The van der Waals surface area contributed by atoms with Crippen LogP contribution in [0.5, 0.6) is 0 Å². The zero-order valence-corrected chi connectivity index (χ0v) is 7.90. The topological polar surface area (TPSA) is 41.1 Å². The molecule has 1 rings (SSSR count). The minimum absolute atomic E-state index is 0.0719. The number of halogens is 3. The molecule has 2 N–H and O–H groups in total. The van der Waals surface area contributed by atoms with E-state index in [2.05, 4.69) is 5.32 Å². The molecule has 0 aliphatic carbocycles. The Balaban J connectivity index is 2.89. The lowest BCUT2D eigenvalue weighted by molar-refractivity contribution is -0.115. The van der Waals surface area contributed by atoms with Crippen LogP contribution < -0.4 is 10.6 Å². The molecule has 0 aliphatic rings. The van der Waals surface area contributed by atoms with E-state index in [-0.39, 0.29) is 6.54 Å². The molecule has 0 heterocycles. The predicted molar refractivity (Wildman–Crippen MR) is 48.9 cm³/mol. The number of benzene rings is 1. The highest BCUT2D eigenvalue weighted by atomic mass is 19.2. The van der Waals surface area contributed by atoms with E-state index in [9.17, 15) is 18.0 Å². The quantitative estimate of drug-likeness (QED) is 0.750. The number of hydrogen-bond acceptors (Lipinski definition) is 2. The van der Waals surface area contributed by atoms with Gasteiger partial charge in [-0.25, -0.2) is 13.2 Å². The van der Waals surface area contributed by atoms with Gasteiger partial charge in [-0.15, -0.1) is 0 Å². The molecule has 0 saturated heterocycles. The third-order valence-corrected chi connectivity index (χ3v) is 1.60. The van der Waals surface area contributed by atoms with Crippen molar-refractivity contribution < 1.29 is 18.0 Å². The molecule has 0 bridgehead atoms. The van der Waals surface area contributed by atoms with Crippen molar-refractivity contribution in [2.24, 2.45) is 0 Å². The van der Waals surface area contributed by atoms with E-state index in [0.29, 0.717) is 12.1 Å². The van der Waals surface area contributed by atoms with Gasteiger partial charge >= 0.3 is 0 Å². The van der Waals surface area contributed by atoms with Crippen LogP contribution in [0.3, 0.4) is 0 Å². The largest absolute Gasteiger partial charge is 0.322 e. The molecule has 1 aromatic carbocycles. The Kier molecular flexibility index (Phi) is 3.68. The summed E-state index contributed by atoms with van der Waals surface area (Å²) in [6, 6.07) is 1.12. The standard InChI is InChI=1S/C9H9F3N2O/c1-13-4-8(15)14-7-3-5(10)2-6(11)9(7)12/h2-3,13H,4H2,1H3,(H,14,15). The second-order valence-corrected chi connectivity index (χ2v) is 2.83. The van der Waals surface area contributed by atoms with Gasteiger partial charge in [0.15, 0.2) is 11.6 Å². The molecular weight excluding hydrogens is 209 g/mol. The maximum absolute atomic E-state index is 13.0. The number of anilines is 1. The minimum Gasteiger partial charge on any atom is -0.322 e. The van der Waals surface area contributed by atoms with E-state index >= 15 is 0 Å². The van der Waals surface area contributed by atoms with E-state index in [1.807, 2.05) is 5.32 Å². The molecular formula is C9H9F3N2O. The molecule has 1 aromatic rings. The zero-order chi connectivity index (χ0) is 11.4. The molecule has 82 valence electrons. The maximum Gasteiger partial charge on any atom is 0.238 e. The Morgan fingerprint density at radius 3 is 2.60 bits per heavy atom. The van der Waals surface area contributed by atoms with E-state index in [1.54, 1.807) is 0 Å². The Bertz CT molecular complexity index is 382. The summed E-state index contributed by atoms with van der Waals surface area (Å²) in [5.41, 5.74) is -0.507. The minimum atomic E-state index is -1.34. The molecule has 0 aliphatic heterocycles. The molecule has 6 heteroatoms. The van der Waals surface area contributed by atoms with Gasteiger partial charge in [0.25, 0.3) is 0 Å². The summed E-state index contributed by atoms with van der Waals surface area (Å²) < 4.78 is 38.4. The molecule has 1 amide bonds. The summed E-state index contributed by atoms with van der Waals surface area (Å²) in [7, 11) is 1.52. The fourth-order valence-electron chi connectivity index (χ4n) is 1.00. The number of rotatable bonds is 3. The second-order valence-electron chi connectivity index (χ2n) is 2.83. The van der Waals surface area contributed by atoms with Gasteiger partial charge in [-0.3, -0.25) is 4.79 Å². The van der Waals surface area contributed by atoms with Crippen LogP contribution in [0.1, 0.15) is 0 Å². The van der Waals surface area contributed by atoms with Crippen molar-refractivity contribution in [2.75, 3.05) is 18.9 Å². The number of carbonyl (C=O) groups is 1. The van der Waals surface area contributed by atoms with Crippen molar-refractivity contribution in [2.45, 2.75) is 0 Å². The van der Waals surface area contributed by atoms with Crippen LogP contribution >= 0.6 is 0 Å².